The minimum atomic E-state index is 0.513. The van der Waals surface area contributed by atoms with Gasteiger partial charge in [-0.1, -0.05) is 6.92 Å². The fraction of sp³-hybridized carbons (Fsp3) is 0.667. The normalized spacial score (nSPS) is 10.2. The maximum atomic E-state index is 5.52. The maximum Gasteiger partial charge on any atom is 0.169 e. The number of aryl methyl sites for hydroxylation is 2. The first-order valence-corrected chi connectivity index (χ1v) is 3.41. The molecule has 0 aliphatic rings. The molecule has 0 bridgehead atoms. The van der Waals surface area contributed by atoms with Gasteiger partial charge in [-0.25, -0.2) is 4.98 Å². The molecule has 0 spiro atoms. The summed E-state index contributed by atoms with van der Waals surface area (Å²) < 4.78 is 1.72. The van der Waals surface area contributed by atoms with Crippen LogP contribution in [0, 0.1) is 6.92 Å². The summed E-state index contributed by atoms with van der Waals surface area (Å²) in [6.07, 6.45) is 1.03. The van der Waals surface area contributed by atoms with E-state index in [0.717, 1.165) is 18.8 Å². The second-order valence-electron chi connectivity index (χ2n) is 2.24. The number of nitrogens with zero attached hydrogens (tertiary/aromatic N) is 3. The van der Waals surface area contributed by atoms with Crippen molar-refractivity contribution in [3.63, 3.8) is 0 Å². The highest BCUT2D eigenvalue weighted by Crippen LogP contribution is 1.85. The summed E-state index contributed by atoms with van der Waals surface area (Å²) in [4.78, 5) is 3.96. The van der Waals surface area contributed by atoms with Crippen molar-refractivity contribution in [3.05, 3.63) is 5.82 Å². The van der Waals surface area contributed by atoms with E-state index >= 15 is 0 Å². The lowest BCUT2D eigenvalue weighted by Gasteiger charge is -1.97. The molecule has 3 nitrogen and oxygen atoms in total. The van der Waals surface area contributed by atoms with E-state index in [1.54, 1.807) is 4.68 Å². The van der Waals surface area contributed by atoms with Crippen LogP contribution in [0.4, 0.5) is 0 Å². The third kappa shape index (κ3) is 1.37. The van der Waals surface area contributed by atoms with Crippen molar-refractivity contribution in [2.45, 2.75) is 26.8 Å². The van der Waals surface area contributed by atoms with Gasteiger partial charge in [-0.05, 0) is 13.3 Å². The van der Waals surface area contributed by atoms with E-state index in [4.69, 9.17) is 7.85 Å². The van der Waals surface area contributed by atoms with Crippen LogP contribution in [0.5, 0.6) is 0 Å². The first-order chi connectivity index (χ1) is 4.74. The largest absolute Gasteiger partial charge is 0.261 e. The zero-order valence-electron chi connectivity index (χ0n) is 6.33. The molecule has 0 aromatic carbocycles. The lowest BCUT2D eigenvalue weighted by molar-refractivity contribution is 0.612. The van der Waals surface area contributed by atoms with E-state index in [1.807, 2.05) is 6.92 Å². The van der Waals surface area contributed by atoms with E-state index in [-0.39, 0.29) is 0 Å². The molecule has 2 radical (unpaired) electrons. The Hall–Kier alpha value is -0.795. The first kappa shape index (κ1) is 7.31. The third-order valence-corrected chi connectivity index (χ3v) is 1.24. The minimum Gasteiger partial charge on any atom is -0.261 e. The Kier molecular flexibility index (Phi) is 2.09. The van der Waals surface area contributed by atoms with Crippen molar-refractivity contribution in [1.82, 2.24) is 14.8 Å². The average molecular weight is 135 g/mol. The molecule has 1 rings (SSSR count). The first-order valence-electron chi connectivity index (χ1n) is 3.41. The Morgan fingerprint density at radius 3 is 2.70 bits per heavy atom. The molecular formula is C6H10BN3. The highest BCUT2D eigenvalue weighted by atomic mass is 15.3. The SMILES string of the molecule is [B]c1nc(C)nn1CCC. The van der Waals surface area contributed by atoms with Gasteiger partial charge in [-0.15, -0.1) is 0 Å². The summed E-state index contributed by atoms with van der Waals surface area (Å²) in [6.45, 7) is 4.77. The fourth-order valence-electron chi connectivity index (χ4n) is 0.848. The van der Waals surface area contributed by atoms with Gasteiger partial charge < -0.3 is 0 Å². The topological polar surface area (TPSA) is 30.7 Å². The van der Waals surface area contributed by atoms with E-state index in [9.17, 15) is 0 Å². The van der Waals surface area contributed by atoms with Crippen LogP contribution >= 0.6 is 0 Å². The molecule has 0 aliphatic heterocycles. The van der Waals surface area contributed by atoms with Crippen molar-refractivity contribution in [2.24, 2.45) is 0 Å². The van der Waals surface area contributed by atoms with Crippen molar-refractivity contribution in [1.29, 1.82) is 0 Å². The summed E-state index contributed by atoms with van der Waals surface area (Å²) in [5.41, 5.74) is 0.513. The second kappa shape index (κ2) is 2.86. The van der Waals surface area contributed by atoms with Crippen LogP contribution in [0.2, 0.25) is 0 Å². The molecule has 4 heteroatoms. The molecule has 0 unspecified atom stereocenters. The molecular weight excluding hydrogens is 125 g/mol. The Balaban J connectivity index is 2.81. The van der Waals surface area contributed by atoms with Crippen molar-refractivity contribution in [3.8, 4) is 0 Å². The number of hydrogen-bond donors (Lipinski definition) is 0. The predicted octanol–water partition coefficient (Wildman–Crippen LogP) is -0.210. The van der Waals surface area contributed by atoms with Crippen molar-refractivity contribution >= 4 is 13.6 Å². The van der Waals surface area contributed by atoms with Crippen molar-refractivity contribution < 1.29 is 0 Å². The lowest BCUT2D eigenvalue weighted by Crippen LogP contribution is -2.19. The Morgan fingerprint density at radius 1 is 1.60 bits per heavy atom. The van der Waals surface area contributed by atoms with Crippen LogP contribution < -0.4 is 5.72 Å². The molecule has 0 fully saturated rings. The highest BCUT2D eigenvalue weighted by Gasteiger charge is 1.98. The summed E-state index contributed by atoms with van der Waals surface area (Å²) in [5, 5.41) is 4.08. The van der Waals surface area contributed by atoms with Gasteiger partial charge in [0.15, 0.2) is 7.85 Å². The lowest BCUT2D eigenvalue weighted by atomic mass is 10.1. The predicted molar refractivity (Wildman–Crippen MR) is 40.4 cm³/mol. The van der Waals surface area contributed by atoms with Gasteiger partial charge in [-0.3, -0.25) is 4.68 Å². The second-order valence-corrected chi connectivity index (χ2v) is 2.24. The van der Waals surface area contributed by atoms with E-state index < -0.39 is 0 Å². The smallest absolute Gasteiger partial charge is 0.169 e. The molecule has 1 heterocycles. The van der Waals surface area contributed by atoms with Gasteiger partial charge in [0.05, 0.1) is 5.72 Å². The van der Waals surface area contributed by atoms with Gasteiger partial charge in [0, 0.05) is 6.54 Å². The van der Waals surface area contributed by atoms with Crippen LogP contribution in [0.15, 0.2) is 0 Å². The molecule has 0 N–H and O–H groups in total. The Labute approximate surface area is 61.9 Å². The van der Waals surface area contributed by atoms with Crippen LogP contribution in [0.1, 0.15) is 19.2 Å². The van der Waals surface area contributed by atoms with E-state index in [0.29, 0.717) is 5.72 Å². The van der Waals surface area contributed by atoms with E-state index in [1.165, 1.54) is 0 Å². The van der Waals surface area contributed by atoms with Crippen LogP contribution in [0.3, 0.4) is 0 Å². The third-order valence-electron chi connectivity index (χ3n) is 1.24. The quantitative estimate of drug-likeness (QED) is 0.525. The Morgan fingerprint density at radius 2 is 2.30 bits per heavy atom. The summed E-state index contributed by atoms with van der Waals surface area (Å²) in [5.74, 6) is 0.742. The van der Waals surface area contributed by atoms with Gasteiger partial charge in [0.25, 0.3) is 0 Å². The molecule has 1 aromatic heterocycles. The van der Waals surface area contributed by atoms with Crippen LogP contribution in [-0.2, 0) is 6.54 Å². The summed E-state index contributed by atoms with van der Waals surface area (Å²) in [7, 11) is 5.52. The fourth-order valence-corrected chi connectivity index (χ4v) is 0.848. The maximum absolute atomic E-state index is 5.52. The molecule has 1 aromatic rings. The molecule has 52 valence electrons. The number of rotatable bonds is 2. The molecule has 0 amide bonds. The van der Waals surface area contributed by atoms with Gasteiger partial charge >= 0.3 is 0 Å². The summed E-state index contributed by atoms with van der Waals surface area (Å²) in [6, 6.07) is 0. The van der Waals surface area contributed by atoms with Crippen LogP contribution in [0.25, 0.3) is 0 Å². The molecule has 0 atom stereocenters. The standard InChI is InChI=1S/C6H10BN3/c1-3-4-10-6(7)8-5(2)9-10/h3-4H2,1-2H3. The highest BCUT2D eigenvalue weighted by molar-refractivity contribution is 6.29. The van der Waals surface area contributed by atoms with Crippen molar-refractivity contribution in [2.75, 3.05) is 0 Å². The minimum absolute atomic E-state index is 0.513. The molecule has 0 saturated carbocycles. The molecule has 0 saturated heterocycles. The zero-order valence-corrected chi connectivity index (χ0v) is 6.33. The molecule has 0 aliphatic carbocycles. The number of aromatic nitrogens is 3. The zero-order chi connectivity index (χ0) is 7.56. The van der Waals surface area contributed by atoms with Crippen LogP contribution in [-0.4, -0.2) is 22.6 Å². The monoisotopic (exact) mass is 135 g/mol. The molecule has 10 heavy (non-hydrogen) atoms. The van der Waals surface area contributed by atoms with Gasteiger partial charge in [0.1, 0.15) is 5.82 Å². The summed E-state index contributed by atoms with van der Waals surface area (Å²) >= 11 is 0. The van der Waals surface area contributed by atoms with Gasteiger partial charge in [0.2, 0.25) is 0 Å². The number of hydrogen-bond acceptors (Lipinski definition) is 2. The van der Waals surface area contributed by atoms with E-state index in [2.05, 4.69) is 17.0 Å². The van der Waals surface area contributed by atoms with Gasteiger partial charge in [-0.2, -0.15) is 5.10 Å². The average Bonchev–Trinajstić information content (AvgIpc) is 2.13. The Bertz CT molecular complexity index is 219.